The van der Waals surface area contributed by atoms with Gasteiger partial charge in [0.05, 0.1) is 13.7 Å². The molecule has 126 valence electrons. The molecule has 1 aromatic heterocycles. The number of methoxy groups -OCH3 is 1. The molecule has 0 saturated heterocycles. The molecule has 1 heterocycles. The van der Waals surface area contributed by atoms with E-state index < -0.39 is 0 Å². The summed E-state index contributed by atoms with van der Waals surface area (Å²) in [6.45, 7) is 2.22. The molecule has 4 N–H and O–H groups in total. The minimum absolute atomic E-state index is 0.160. The van der Waals surface area contributed by atoms with Crippen molar-refractivity contribution >= 4 is 23.4 Å². The van der Waals surface area contributed by atoms with Crippen molar-refractivity contribution in [3.63, 3.8) is 0 Å². The second-order valence-electron chi connectivity index (χ2n) is 5.14. The van der Waals surface area contributed by atoms with Crippen molar-refractivity contribution in [3.8, 4) is 5.75 Å². The predicted octanol–water partition coefficient (Wildman–Crippen LogP) is 2.15. The molecule has 0 radical (unpaired) electrons. The number of aliphatic imine (C=N–C) groups is 1. The van der Waals surface area contributed by atoms with Crippen LogP contribution in [0.5, 0.6) is 5.75 Å². The van der Waals surface area contributed by atoms with Crippen LogP contribution in [0.25, 0.3) is 0 Å². The van der Waals surface area contributed by atoms with Crippen molar-refractivity contribution in [1.29, 1.82) is 0 Å². The molecule has 0 fully saturated rings. The van der Waals surface area contributed by atoms with Crippen molar-refractivity contribution in [1.82, 2.24) is 4.98 Å². The smallest absolute Gasteiger partial charge is 0.227 e. The van der Waals surface area contributed by atoms with Crippen molar-refractivity contribution in [2.45, 2.75) is 13.3 Å². The van der Waals surface area contributed by atoms with Crippen LogP contribution in [-0.4, -0.2) is 30.5 Å². The summed E-state index contributed by atoms with van der Waals surface area (Å²) >= 11 is 0. The van der Waals surface area contributed by atoms with Crippen molar-refractivity contribution in [2.75, 3.05) is 24.3 Å². The van der Waals surface area contributed by atoms with Gasteiger partial charge in [0, 0.05) is 18.3 Å². The molecule has 0 unspecified atom stereocenters. The number of guanidine groups is 1. The lowest BCUT2D eigenvalue weighted by atomic mass is 10.3. The number of anilines is 2. The number of carbonyl (C=O) groups is 1. The second-order valence-corrected chi connectivity index (χ2v) is 5.14. The first-order valence-corrected chi connectivity index (χ1v) is 7.50. The molecule has 0 aliphatic rings. The fraction of sp³-hybridized carbons (Fsp3) is 0.235. The maximum atomic E-state index is 11.8. The molecule has 0 atom stereocenters. The van der Waals surface area contributed by atoms with E-state index >= 15 is 0 Å². The number of amides is 1. The van der Waals surface area contributed by atoms with E-state index in [2.05, 4.69) is 20.6 Å². The largest absolute Gasteiger partial charge is 0.497 e. The maximum absolute atomic E-state index is 11.8. The molecule has 2 aromatic rings. The van der Waals surface area contributed by atoms with E-state index in [0.29, 0.717) is 5.82 Å². The Morgan fingerprint density at radius 1 is 1.21 bits per heavy atom. The van der Waals surface area contributed by atoms with E-state index in [0.717, 1.165) is 17.0 Å². The van der Waals surface area contributed by atoms with Crippen molar-refractivity contribution in [3.05, 3.63) is 48.2 Å². The number of nitrogens with zero attached hydrogens (tertiary/aromatic N) is 2. The lowest BCUT2D eigenvalue weighted by Gasteiger charge is -2.07. The summed E-state index contributed by atoms with van der Waals surface area (Å²) in [6, 6.07) is 10.9. The minimum atomic E-state index is -0.160. The van der Waals surface area contributed by atoms with Crippen molar-refractivity contribution < 1.29 is 9.53 Å². The number of hydrogen-bond acceptors (Lipinski definition) is 4. The summed E-state index contributed by atoms with van der Waals surface area (Å²) in [4.78, 5) is 20.1. The zero-order chi connectivity index (χ0) is 17.4. The summed E-state index contributed by atoms with van der Waals surface area (Å²) in [5.74, 6) is 1.38. The second kappa shape index (κ2) is 8.52. The van der Waals surface area contributed by atoms with Gasteiger partial charge in [-0.1, -0.05) is 6.07 Å². The summed E-state index contributed by atoms with van der Waals surface area (Å²) in [5, 5.41) is 5.66. The highest BCUT2D eigenvalue weighted by molar-refractivity contribution is 5.93. The van der Waals surface area contributed by atoms with Gasteiger partial charge in [-0.3, -0.25) is 9.79 Å². The van der Waals surface area contributed by atoms with Gasteiger partial charge in [-0.05, 0) is 42.8 Å². The summed E-state index contributed by atoms with van der Waals surface area (Å²) < 4.78 is 5.08. The number of carbonyl (C=O) groups excluding carboxylic acids is 1. The molecule has 7 heteroatoms. The molecule has 0 aliphatic heterocycles. The first kappa shape index (κ1) is 17.3. The lowest BCUT2D eigenvalue weighted by molar-refractivity contribution is -0.116. The van der Waals surface area contributed by atoms with Gasteiger partial charge in [-0.2, -0.15) is 0 Å². The maximum Gasteiger partial charge on any atom is 0.227 e. The van der Waals surface area contributed by atoms with Crippen LogP contribution in [-0.2, 0) is 4.79 Å². The Morgan fingerprint density at radius 2 is 1.96 bits per heavy atom. The fourth-order valence-corrected chi connectivity index (χ4v) is 1.89. The number of hydrogen-bond donors (Lipinski definition) is 3. The Kier molecular flexibility index (Phi) is 6.13. The Labute approximate surface area is 141 Å². The average molecular weight is 327 g/mol. The standard InChI is InChI=1S/C17H21N5O2/c1-12-3-8-15(20-11-12)22-16(23)9-10-19-17(18)21-13-4-6-14(24-2)7-5-13/h3-8,11H,9-10H2,1-2H3,(H3,18,19,21)(H,20,22,23). The van der Waals surface area contributed by atoms with Crippen LogP contribution in [0.3, 0.4) is 0 Å². The number of aromatic nitrogens is 1. The van der Waals surface area contributed by atoms with Gasteiger partial charge in [-0.15, -0.1) is 0 Å². The molecule has 0 bridgehead atoms. The molecular formula is C17H21N5O2. The number of nitrogens with one attached hydrogen (secondary N) is 2. The van der Waals surface area contributed by atoms with Gasteiger partial charge >= 0.3 is 0 Å². The van der Waals surface area contributed by atoms with Gasteiger partial charge in [0.1, 0.15) is 11.6 Å². The third-order valence-corrected chi connectivity index (χ3v) is 3.16. The van der Waals surface area contributed by atoms with Crippen LogP contribution in [0, 0.1) is 6.92 Å². The van der Waals surface area contributed by atoms with E-state index in [-0.39, 0.29) is 24.8 Å². The molecule has 2 rings (SSSR count). The zero-order valence-corrected chi connectivity index (χ0v) is 13.7. The van der Waals surface area contributed by atoms with E-state index in [4.69, 9.17) is 10.5 Å². The summed E-state index contributed by atoms with van der Waals surface area (Å²) in [6.07, 6.45) is 1.92. The number of pyridine rings is 1. The Morgan fingerprint density at radius 3 is 2.58 bits per heavy atom. The highest BCUT2D eigenvalue weighted by Gasteiger charge is 2.03. The Balaban J connectivity index is 1.77. The average Bonchev–Trinajstić information content (AvgIpc) is 2.57. The van der Waals surface area contributed by atoms with E-state index in [1.54, 1.807) is 19.4 Å². The van der Waals surface area contributed by atoms with Gasteiger partial charge < -0.3 is 21.1 Å². The Bertz CT molecular complexity index is 696. The first-order valence-electron chi connectivity index (χ1n) is 7.50. The highest BCUT2D eigenvalue weighted by Crippen LogP contribution is 2.14. The van der Waals surface area contributed by atoms with E-state index in [1.807, 2.05) is 37.3 Å². The highest BCUT2D eigenvalue weighted by atomic mass is 16.5. The van der Waals surface area contributed by atoms with Crippen LogP contribution < -0.4 is 21.1 Å². The van der Waals surface area contributed by atoms with Crippen molar-refractivity contribution in [2.24, 2.45) is 10.7 Å². The van der Waals surface area contributed by atoms with Gasteiger partial charge in [0.2, 0.25) is 5.91 Å². The molecule has 0 aliphatic carbocycles. The third-order valence-electron chi connectivity index (χ3n) is 3.16. The Hall–Kier alpha value is -3.09. The topological polar surface area (TPSA) is 102 Å². The van der Waals surface area contributed by atoms with Crippen LogP contribution in [0.15, 0.2) is 47.6 Å². The molecule has 0 spiro atoms. The van der Waals surface area contributed by atoms with Gasteiger partial charge in [0.25, 0.3) is 0 Å². The SMILES string of the molecule is COc1ccc(NC(N)=NCCC(=O)Nc2ccc(C)cn2)cc1. The number of aryl methyl sites for hydroxylation is 1. The van der Waals surface area contributed by atoms with Gasteiger partial charge in [-0.25, -0.2) is 4.98 Å². The van der Waals surface area contributed by atoms with Crippen LogP contribution in [0.2, 0.25) is 0 Å². The predicted molar refractivity (Wildman–Crippen MR) is 95.3 cm³/mol. The minimum Gasteiger partial charge on any atom is -0.497 e. The number of ether oxygens (including phenoxy) is 1. The summed E-state index contributed by atoms with van der Waals surface area (Å²) in [7, 11) is 1.61. The lowest BCUT2D eigenvalue weighted by Crippen LogP contribution is -2.23. The molecule has 24 heavy (non-hydrogen) atoms. The molecule has 1 amide bonds. The van der Waals surface area contributed by atoms with Gasteiger partial charge in [0.15, 0.2) is 5.96 Å². The van der Waals surface area contributed by atoms with E-state index in [1.165, 1.54) is 0 Å². The number of nitrogens with two attached hydrogens (primary N) is 1. The van der Waals surface area contributed by atoms with E-state index in [9.17, 15) is 4.79 Å². The first-order chi connectivity index (χ1) is 11.6. The monoisotopic (exact) mass is 327 g/mol. The quantitative estimate of drug-likeness (QED) is 0.557. The molecule has 1 aromatic carbocycles. The normalized spacial score (nSPS) is 11.0. The fourth-order valence-electron chi connectivity index (χ4n) is 1.89. The number of benzene rings is 1. The van der Waals surface area contributed by atoms with Crippen LogP contribution >= 0.6 is 0 Å². The third kappa shape index (κ3) is 5.60. The van der Waals surface area contributed by atoms with Crippen LogP contribution in [0.1, 0.15) is 12.0 Å². The molecule has 0 saturated carbocycles. The van der Waals surface area contributed by atoms with Crippen LogP contribution in [0.4, 0.5) is 11.5 Å². The number of rotatable bonds is 6. The molecule has 7 nitrogen and oxygen atoms in total. The molecular weight excluding hydrogens is 306 g/mol. The zero-order valence-electron chi connectivity index (χ0n) is 13.7. The summed E-state index contributed by atoms with van der Waals surface area (Å²) in [5.41, 5.74) is 7.63.